The van der Waals surface area contributed by atoms with Crippen molar-refractivity contribution < 1.29 is 5.11 Å². The van der Waals surface area contributed by atoms with E-state index in [9.17, 15) is 5.11 Å². The molecule has 5 unspecified atom stereocenters. The number of hydrogen-bond acceptors (Lipinski definition) is 2. The number of aliphatic hydroxyl groups is 1. The normalized spacial score (nSPS) is 53.5. The fourth-order valence-electron chi connectivity index (χ4n) is 7.81. The van der Waals surface area contributed by atoms with Crippen LogP contribution in [0.4, 0.5) is 0 Å². The summed E-state index contributed by atoms with van der Waals surface area (Å²) in [5.74, 6) is 3.20. The number of fused-ring (bicyclic) bond motifs is 5. The minimum atomic E-state index is -0.779. The van der Waals surface area contributed by atoms with Gasteiger partial charge < -0.3 is 5.11 Å². The summed E-state index contributed by atoms with van der Waals surface area (Å²) >= 11 is 0. The molecule has 4 saturated carbocycles. The SMILES string of the molecule is C[C@@]12CCCCC1CCC1C2CC[C@]2(C)C1CCC2(O)CN=[N+]=[N-]. The Morgan fingerprint density at radius 1 is 1.00 bits per heavy atom. The third kappa shape index (κ3) is 2.12. The van der Waals surface area contributed by atoms with E-state index < -0.39 is 5.60 Å². The van der Waals surface area contributed by atoms with Gasteiger partial charge in [-0.05, 0) is 91.4 Å². The lowest BCUT2D eigenvalue weighted by molar-refractivity contribution is -0.147. The fraction of sp³-hybridized carbons (Fsp3) is 1.00. The predicted molar refractivity (Wildman–Crippen MR) is 95.3 cm³/mol. The highest BCUT2D eigenvalue weighted by Crippen LogP contribution is 2.68. The highest BCUT2D eigenvalue weighted by molar-refractivity contribution is 5.14. The second-order valence-corrected chi connectivity index (χ2v) is 9.82. The van der Waals surface area contributed by atoms with Crippen LogP contribution < -0.4 is 0 Å². The van der Waals surface area contributed by atoms with E-state index in [4.69, 9.17) is 5.53 Å². The zero-order valence-electron chi connectivity index (χ0n) is 15.4. The van der Waals surface area contributed by atoms with Crippen molar-refractivity contribution >= 4 is 0 Å². The zero-order chi connectivity index (χ0) is 17.0. The van der Waals surface area contributed by atoms with E-state index in [1.165, 1.54) is 44.9 Å². The summed E-state index contributed by atoms with van der Waals surface area (Å²) in [4.78, 5) is 2.92. The van der Waals surface area contributed by atoms with E-state index in [2.05, 4.69) is 23.9 Å². The summed E-state index contributed by atoms with van der Waals surface area (Å²) in [5.41, 5.74) is 8.43. The average molecular weight is 332 g/mol. The van der Waals surface area contributed by atoms with E-state index in [1.807, 2.05) is 0 Å². The first-order chi connectivity index (χ1) is 11.4. The maximum absolute atomic E-state index is 11.3. The van der Waals surface area contributed by atoms with Gasteiger partial charge in [0.1, 0.15) is 0 Å². The smallest absolute Gasteiger partial charge is 0.0760 e. The van der Waals surface area contributed by atoms with Crippen LogP contribution in [0.5, 0.6) is 0 Å². The number of rotatable bonds is 2. The molecule has 0 aromatic heterocycles. The molecular weight excluding hydrogens is 298 g/mol. The van der Waals surface area contributed by atoms with E-state index in [0.717, 1.165) is 37.0 Å². The minimum absolute atomic E-state index is 0.0553. The molecule has 0 aliphatic heterocycles. The van der Waals surface area contributed by atoms with Gasteiger partial charge in [0.15, 0.2) is 0 Å². The number of nitrogens with zero attached hydrogens (tertiary/aromatic N) is 3. The molecule has 4 nitrogen and oxygen atoms in total. The minimum Gasteiger partial charge on any atom is -0.389 e. The summed E-state index contributed by atoms with van der Waals surface area (Å²) in [6, 6.07) is 0. The van der Waals surface area contributed by atoms with Gasteiger partial charge in [-0.3, -0.25) is 0 Å². The van der Waals surface area contributed by atoms with Crippen LogP contribution in [0.3, 0.4) is 0 Å². The first kappa shape index (κ1) is 16.7. The van der Waals surface area contributed by atoms with Crippen molar-refractivity contribution in [1.82, 2.24) is 0 Å². The van der Waals surface area contributed by atoms with Crippen molar-refractivity contribution in [3.63, 3.8) is 0 Å². The standard InChI is InChI=1S/C20H33N3O/c1-18-10-4-3-5-14(18)6-7-15-16(18)8-11-19(2)17(15)9-12-20(19,24)13-22-23-21/h14-17,24H,3-13H2,1-2H3/t14?,15?,16?,17?,18-,19-,20?/m1/s1. The highest BCUT2D eigenvalue weighted by Gasteiger charge is 2.63. The largest absolute Gasteiger partial charge is 0.389 e. The maximum atomic E-state index is 11.3. The first-order valence-corrected chi connectivity index (χ1v) is 10.2. The van der Waals surface area contributed by atoms with Crippen molar-refractivity contribution in [3.8, 4) is 0 Å². The molecule has 0 bridgehead atoms. The summed E-state index contributed by atoms with van der Waals surface area (Å²) in [6.45, 7) is 5.15. The number of azide groups is 1. The van der Waals surface area contributed by atoms with Crippen LogP contribution in [-0.4, -0.2) is 17.3 Å². The maximum Gasteiger partial charge on any atom is 0.0760 e. The van der Waals surface area contributed by atoms with Crippen molar-refractivity contribution in [2.24, 2.45) is 39.6 Å². The van der Waals surface area contributed by atoms with Gasteiger partial charge in [-0.2, -0.15) is 0 Å². The molecule has 4 aliphatic carbocycles. The lowest BCUT2D eigenvalue weighted by Crippen LogP contribution is -2.56. The van der Waals surface area contributed by atoms with Gasteiger partial charge in [0, 0.05) is 4.91 Å². The molecule has 4 rings (SSSR count). The van der Waals surface area contributed by atoms with E-state index in [1.54, 1.807) is 0 Å². The Morgan fingerprint density at radius 2 is 1.79 bits per heavy atom. The Morgan fingerprint density at radius 3 is 2.58 bits per heavy atom. The van der Waals surface area contributed by atoms with Gasteiger partial charge in [0.05, 0.1) is 12.1 Å². The molecule has 134 valence electrons. The second kappa shape index (κ2) is 5.64. The number of hydrogen-bond donors (Lipinski definition) is 1. The lowest BCUT2D eigenvalue weighted by Gasteiger charge is -2.61. The molecule has 0 aromatic carbocycles. The van der Waals surface area contributed by atoms with Crippen LogP contribution in [0.2, 0.25) is 0 Å². The van der Waals surface area contributed by atoms with Crippen molar-refractivity contribution in [2.45, 2.75) is 83.7 Å². The molecule has 4 aliphatic rings. The van der Waals surface area contributed by atoms with Crippen molar-refractivity contribution in [2.75, 3.05) is 6.54 Å². The molecular formula is C20H33N3O. The van der Waals surface area contributed by atoms with E-state index in [0.29, 0.717) is 11.3 Å². The molecule has 0 amide bonds. The summed E-state index contributed by atoms with van der Waals surface area (Å²) < 4.78 is 0. The molecule has 0 spiro atoms. The summed E-state index contributed by atoms with van der Waals surface area (Å²) in [6.07, 6.45) is 12.8. The molecule has 24 heavy (non-hydrogen) atoms. The average Bonchev–Trinajstić information content (AvgIpc) is 2.84. The van der Waals surface area contributed by atoms with E-state index >= 15 is 0 Å². The van der Waals surface area contributed by atoms with Crippen molar-refractivity contribution in [3.05, 3.63) is 10.4 Å². The fourth-order valence-corrected chi connectivity index (χ4v) is 7.81. The third-order valence-corrected chi connectivity index (χ3v) is 9.30. The zero-order valence-corrected chi connectivity index (χ0v) is 15.4. The van der Waals surface area contributed by atoms with Crippen LogP contribution in [-0.2, 0) is 0 Å². The second-order valence-electron chi connectivity index (χ2n) is 9.82. The Kier molecular flexibility index (Phi) is 3.93. The Balaban J connectivity index is 1.62. The third-order valence-electron chi connectivity index (χ3n) is 9.30. The van der Waals surface area contributed by atoms with Crippen LogP contribution in [0, 0.1) is 34.5 Å². The van der Waals surface area contributed by atoms with Crippen LogP contribution in [0.1, 0.15) is 78.1 Å². The van der Waals surface area contributed by atoms with Crippen molar-refractivity contribution in [1.29, 1.82) is 0 Å². The Hall–Kier alpha value is -0.730. The van der Waals surface area contributed by atoms with Gasteiger partial charge in [0.25, 0.3) is 0 Å². The molecule has 1 N–H and O–H groups in total. The van der Waals surface area contributed by atoms with Gasteiger partial charge in [0.2, 0.25) is 0 Å². The Bertz CT molecular complexity index is 559. The highest BCUT2D eigenvalue weighted by atomic mass is 16.3. The molecule has 4 fully saturated rings. The topological polar surface area (TPSA) is 69.0 Å². The molecule has 0 radical (unpaired) electrons. The molecule has 0 heterocycles. The first-order valence-electron chi connectivity index (χ1n) is 10.2. The summed E-state index contributed by atoms with van der Waals surface area (Å²) in [7, 11) is 0. The quantitative estimate of drug-likeness (QED) is 0.407. The predicted octanol–water partition coefficient (Wildman–Crippen LogP) is 5.46. The van der Waals surface area contributed by atoms with E-state index in [-0.39, 0.29) is 12.0 Å². The van der Waals surface area contributed by atoms with Gasteiger partial charge >= 0.3 is 0 Å². The van der Waals surface area contributed by atoms with Crippen LogP contribution in [0.25, 0.3) is 10.4 Å². The molecule has 0 saturated heterocycles. The van der Waals surface area contributed by atoms with Gasteiger partial charge in [-0.1, -0.05) is 31.8 Å². The summed E-state index contributed by atoms with van der Waals surface area (Å²) in [5, 5.41) is 15.1. The van der Waals surface area contributed by atoms with Gasteiger partial charge in [-0.25, -0.2) is 0 Å². The Labute approximate surface area is 146 Å². The van der Waals surface area contributed by atoms with Crippen LogP contribution >= 0.6 is 0 Å². The van der Waals surface area contributed by atoms with Gasteiger partial charge in [-0.15, -0.1) is 0 Å². The molecule has 4 heteroatoms. The van der Waals surface area contributed by atoms with Crippen LogP contribution in [0.15, 0.2) is 5.11 Å². The molecule has 7 atom stereocenters. The monoisotopic (exact) mass is 331 g/mol. The molecule has 0 aromatic rings. The lowest BCUT2D eigenvalue weighted by atomic mass is 9.44.